The van der Waals surface area contributed by atoms with Gasteiger partial charge in [0, 0.05) is 12.0 Å². The molecular formula is C20H29NO2. The van der Waals surface area contributed by atoms with Crippen molar-refractivity contribution in [3.05, 3.63) is 29.8 Å². The predicted octanol–water partition coefficient (Wildman–Crippen LogP) is 4.27. The Morgan fingerprint density at radius 2 is 2.04 bits per heavy atom. The van der Waals surface area contributed by atoms with E-state index in [0.717, 1.165) is 12.2 Å². The molecule has 2 fully saturated rings. The molecule has 1 aromatic rings. The van der Waals surface area contributed by atoms with Crippen LogP contribution in [0.25, 0.3) is 0 Å². The highest BCUT2D eigenvalue weighted by Gasteiger charge is 2.45. The summed E-state index contributed by atoms with van der Waals surface area (Å²) in [6.07, 6.45) is 8.52. The number of benzene rings is 1. The lowest BCUT2D eigenvalue weighted by Gasteiger charge is -2.21. The lowest BCUT2D eigenvalue weighted by molar-refractivity contribution is -0.123. The van der Waals surface area contributed by atoms with E-state index in [1.54, 1.807) is 7.11 Å². The zero-order valence-electron chi connectivity index (χ0n) is 14.4. The molecule has 0 radical (unpaired) electrons. The van der Waals surface area contributed by atoms with Crippen molar-refractivity contribution in [1.29, 1.82) is 0 Å². The van der Waals surface area contributed by atoms with Crippen LogP contribution in [0.3, 0.4) is 0 Å². The van der Waals surface area contributed by atoms with Gasteiger partial charge in [0.2, 0.25) is 5.91 Å². The van der Waals surface area contributed by atoms with Crippen molar-refractivity contribution in [3.8, 4) is 5.75 Å². The standard InChI is InChI=1S/C20H29NO2/c1-3-4-6-15-7-5-8-19(15)21-20(22)18-13-17(18)14-9-11-16(23-2)12-10-14/h9-12,15,17-19H,3-8,13H2,1-2H3,(H,21,22). The van der Waals surface area contributed by atoms with Gasteiger partial charge in [0.05, 0.1) is 7.11 Å². The fourth-order valence-corrected chi connectivity index (χ4v) is 4.03. The van der Waals surface area contributed by atoms with Crippen molar-refractivity contribution in [2.24, 2.45) is 11.8 Å². The molecule has 0 bridgehead atoms. The molecule has 3 heteroatoms. The second-order valence-electron chi connectivity index (χ2n) is 7.17. The fraction of sp³-hybridized carbons (Fsp3) is 0.650. The van der Waals surface area contributed by atoms with Crippen LogP contribution in [0.4, 0.5) is 0 Å². The van der Waals surface area contributed by atoms with E-state index in [1.165, 1.54) is 44.1 Å². The number of methoxy groups -OCH3 is 1. The molecule has 1 aromatic carbocycles. The first kappa shape index (κ1) is 16.4. The lowest BCUT2D eigenvalue weighted by atomic mass is 9.96. The zero-order valence-corrected chi connectivity index (χ0v) is 14.4. The molecule has 2 aliphatic carbocycles. The minimum Gasteiger partial charge on any atom is -0.497 e. The molecule has 0 aromatic heterocycles. The zero-order chi connectivity index (χ0) is 16.2. The van der Waals surface area contributed by atoms with Crippen LogP contribution in [0, 0.1) is 11.8 Å². The van der Waals surface area contributed by atoms with E-state index in [0.29, 0.717) is 17.9 Å². The maximum absolute atomic E-state index is 12.6. The molecular weight excluding hydrogens is 286 g/mol. The Bertz CT molecular complexity index is 525. The number of amides is 1. The van der Waals surface area contributed by atoms with Crippen LogP contribution in [-0.2, 0) is 4.79 Å². The van der Waals surface area contributed by atoms with Crippen LogP contribution in [0.5, 0.6) is 5.75 Å². The molecule has 2 aliphatic rings. The second-order valence-corrected chi connectivity index (χ2v) is 7.17. The fourth-order valence-electron chi connectivity index (χ4n) is 4.03. The summed E-state index contributed by atoms with van der Waals surface area (Å²) >= 11 is 0. The van der Waals surface area contributed by atoms with Crippen LogP contribution in [0.2, 0.25) is 0 Å². The van der Waals surface area contributed by atoms with Gasteiger partial charge in [-0.1, -0.05) is 38.3 Å². The lowest BCUT2D eigenvalue weighted by Crippen LogP contribution is -2.38. The minimum atomic E-state index is 0.177. The number of carbonyl (C=O) groups is 1. The monoisotopic (exact) mass is 315 g/mol. The molecule has 3 rings (SSSR count). The topological polar surface area (TPSA) is 38.3 Å². The highest BCUT2D eigenvalue weighted by molar-refractivity contribution is 5.83. The van der Waals surface area contributed by atoms with Gasteiger partial charge in [0.1, 0.15) is 5.75 Å². The van der Waals surface area contributed by atoms with E-state index < -0.39 is 0 Å². The Kier molecular flexibility index (Phi) is 5.24. The molecule has 0 saturated heterocycles. The summed E-state index contributed by atoms with van der Waals surface area (Å²) in [4.78, 5) is 12.6. The van der Waals surface area contributed by atoms with E-state index in [2.05, 4.69) is 24.4 Å². The molecule has 0 spiro atoms. The Balaban J connectivity index is 1.51. The maximum Gasteiger partial charge on any atom is 0.223 e. The third-order valence-electron chi connectivity index (χ3n) is 5.59. The highest BCUT2D eigenvalue weighted by Crippen LogP contribution is 2.48. The molecule has 1 N–H and O–H groups in total. The number of nitrogens with one attached hydrogen (secondary N) is 1. The second kappa shape index (κ2) is 7.37. The van der Waals surface area contributed by atoms with E-state index in [1.807, 2.05) is 12.1 Å². The van der Waals surface area contributed by atoms with Gasteiger partial charge >= 0.3 is 0 Å². The molecule has 1 amide bonds. The van der Waals surface area contributed by atoms with Crippen LogP contribution < -0.4 is 10.1 Å². The van der Waals surface area contributed by atoms with Gasteiger partial charge in [-0.15, -0.1) is 0 Å². The molecule has 4 unspecified atom stereocenters. The summed E-state index contributed by atoms with van der Waals surface area (Å²) in [6.45, 7) is 2.24. The Labute approximate surface area is 139 Å². The van der Waals surface area contributed by atoms with Crippen LogP contribution in [0.1, 0.15) is 63.4 Å². The largest absolute Gasteiger partial charge is 0.497 e. The summed E-state index contributed by atoms with van der Waals surface area (Å²) in [5.74, 6) is 2.43. The molecule has 3 nitrogen and oxygen atoms in total. The Hall–Kier alpha value is -1.51. The predicted molar refractivity (Wildman–Crippen MR) is 92.6 cm³/mol. The Morgan fingerprint density at radius 1 is 1.26 bits per heavy atom. The van der Waals surface area contributed by atoms with Gasteiger partial charge in [-0.2, -0.15) is 0 Å². The van der Waals surface area contributed by atoms with Crippen molar-refractivity contribution >= 4 is 5.91 Å². The molecule has 2 saturated carbocycles. The van der Waals surface area contributed by atoms with Gasteiger partial charge in [-0.3, -0.25) is 4.79 Å². The number of carbonyl (C=O) groups excluding carboxylic acids is 1. The molecule has 0 heterocycles. The normalized spacial score (nSPS) is 29.3. The number of ether oxygens (including phenoxy) is 1. The number of unbranched alkanes of at least 4 members (excludes halogenated alkanes) is 1. The van der Waals surface area contributed by atoms with Crippen molar-refractivity contribution in [2.45, 2.75) is 63.8 Å². The first-order valence-corrected chi connectivity index (χ1v) is 9.17. The van der Waals surface area contributed by atoms with E-state index in [-0.39, 0.29) is 11.8 Å². The van der Waals surface area contributed by atoms with Crippen LogP contribution in [0.15, 0.2) is 24.3 Å². The van der Waals surface area contributed by atoms with Crippen molar-refractivity contribution in [2.75, 3.05) is 7.11 Å². The molecule has 0 aliphatic heterocycles. The van der Waals surface area contributed by atoms with Crippen LogP contribution >= 0.6 is 0 Å². The number of hydrogen-bond acceptors (Lipinski definition) is 2. The average molecular weight is 315 g/mol. The van der Waals surface area contributed by atoms with Gasteiger partial charge < -0.3 is 10.1 Å². The highest BCUT2D eigenvalue weighted by atomic mass is 16.5. The maximum atomic E-state index is 12.6. The third kappa shape index (κ3) is 3.88. The summed E-state index contributed by atoms with van der Waals surface area (Å²) in [5.41, 5.74) is 1.26. The third-order valence-corrected chi connectivity index (χ3v) is 5.59. The molecule has 23 heavy (non-hydrogen) atoms. The van der Waals surface area contributed by atoms with Crippen molar-refractivity contribution in [1.82, 2.24) is 5.32 Å². The van der Waals surface area contributed by atoms with Crippen molar-refractivity contribution in [3.63, 3.8) is 0 Å². The summed E-state index contributed by atoms with van der Waals surface area (Å²) in [5, 5.41) is 3.36. The van der Waals surface area contributed by atoms with E-state index >= 15 is 0 Å². The Morgan fingerprint density at radius 3 is 2.74 bits per heavy atom. The number of hydrogen-bond donors (Lipinski definition) is 1. The quantitative estimate of drug-likeness (QED) is 0.816. The minimum absolute atomic E-state index is 0.177. The SMILES string of the molecule is CCCCC1CCCC1NC(=O)C1CC1c1ccc(OC)cc1. The van der Waals surface area contributed by atoms with Gasteiger partial charge in [-0.25, -0.2) is 0 Å². The molecule has 4 atom stereocenters. The average Bonchev–Trinajstić information content (AvgIpc) is 3.27. The molecule has 126 valence electrons. The first-order chi connectivity index (χ1) is 11.2. The summed E-state index contributed by atoms with van der Waals surface area (Å²) in [6, 6.07) is 8.58. The van der Waals surface area contributed by atoms with Gasteiger partial charge in [0.15, 0.2) is 0 Å². The van der Waals surface area contributed by atoms with E-state index in [9.17, 15) is 4.79 Å². The first-order valence-electron chi connectivity index (χ1n) is 9.17. The summed E-state index contributed by atoms with van der Waals surface area (Å²) < 4.78 is 5.20. The van der Waals surface area contributed by atoms with Gasteiger partial charge in [-0.05, 0) is 55.2 Å². The van der Waals surface area contributed by atoms with Crippen molar-refractivity contribution < 1.29 is 9.53 Å². The van der Waals surface area contributed by atoms with Gasteiger partial charge in [0.25, 0.3) is 0 Å². The van der Waals surface area contributed by atoms with Crippen LogP contribution in [-0.4, -0.2) is 19.1 Å². The van der Waals surface area contributed by atoms with E-state index in [4.69, 9.17) is 4.74 Å². The number of rotatable bonds is 7. The summed E-state index contributed by atoms with van der Waals surface area (Å²) in [7, 11) is 1.68. The smallest absolute Gasteiger partial charge is 0.223 e.